The number of hydrogen-bond acceptors (Lipinski definition) is 1. The van der Waals surface area contributed by atoms with Crippen molar-refractivity contribution < 1.29 is 4.74 Å². The molecule has 3 rings (SSSR count). The molecule has 0 atom stereocenters. The summed E-state index contributed by atoms with van der Waals surface area (Å²) in [6.45, 7) is 3.93. The van der Waals surface area contributed by atoms with Crippen LogP contribution < -0.4 is 4.74 Å². The number of ether oxygens (including phenoxy) is 1. The van der Waals surface area contributed by atoms with Gasteiger partial charge in [-0.05, 0) is 66.0 Å². The summed E-state index contributed by atoms with van der Waals surface area (Å²) in [5.74, 6) is 2.38. The highest BCUT2D eigenvalue weighted by Gasteiger charge is 2.20. The summed E-state index contributed by atoms with van der Waals surface area (Å²) >= 11 is 0. The zero-order valence-electron chi connectivity index (χ0n) is 12.1. The molecule has 0 heterocycles. The molecule has 0 unspecified atom stereocenters. The van der Waals surface area contributed by atoms with Gasteiger partial charge in [-0.3, -0.25) is 0 Å². The predicted octanol–water partition coefficient (Wildman–Crippen LogP) is 5.31. The lowest BCUT2D eigenvalue weighted by atomic mass is 9.78. The molecule has 1 aliphatic carbocycles. The minimum atomic E-state index is 0.720. The van der Waals surface area contributed by atoms with Crippen LogP contribution in [0.15, 0.2) is 49.1 Å². The second-order valence-corrected chi connectivity index (χ2v) is 5.82. The topological polar surface area (TPSA) is 9.23 Å². The summed E-state index contributed by atoms with van der Waals surface area (Å²) in [6.07, 6.45) is 7.28. The Kier molecular flexibility index (Phi) is 3.77. The smallest absolute Gasteiger partial charge is 0.119 e. The molecule has 0 amide bonds. The predicted molar refractivity (Wildman–Crippen MR) is 85.4 cm³/mol. The van der Waals surface area contributed by atoms with Crippen molar-refractivity contribution in [2.75, 3.05) is 7.11 Å². The maximum Gasteiger partial charge on any atom is 0.119 e. The fraction of sp³-hybridized carbons (Fsp3) is 0.368. The molecule has 0 aliphatic heterocycles. The lowest BCUT2D eigenvalue weighted by Gasteiger charge is -2.27. The van der Waals surface area contributed by atoms with Crippen LogP contribution in [0, 0.1) is 5.92 Å². The Morgan fingerprint density at radius 1 is 1.00 bits per heavy atom. The first kappa shape index (κ1) is 13.2. The normalized spacial score (nSPS) is 22.6. The van der Waals surface area contributed by atoms with Crippen molar-refractivity contribution in [1.82, 2.24) is 0 Å². The van der Waals surface area contributed by atoms with Crippen LogP contribution in [0.3, 0.4) is 0 Å². The van der Waals surface area contributed by atoms with E-state index in [1.165, 1.54) is 42.0 Å². The van der Waals surface area contributed by atoms with Crippen LogP contribution in [-0.4, -0.2) is 7.11 Å². The van der Waals surface area contributed by atoms with Crippen molar-refractivity contribution in [3.05, 3.63) is 54.6 Å². The molecule has 0 bridgehead atoms. The van der Waals surface area contributed by atoms with E-state index in [1.54, 1.807) is 7.11 Å². The van der Waals surface area contributed by atoms with Crippen molar-refractivity contribution in [2.45, 2.75) is 31.6 Å². The second kappa shape index (κ2) is 5.70. The first-order chi connectivity index (χ1) is 9.80. The number of allylic oxidation sites excluding steroid dienone is 1. The summed E-state index contributed by atoms with van der Waals surface area (Å²) in [7, 11) is 1.72. The molecule has 0 saturated heterocycles. The summed E-state index contributed by atoms with van der Waals surface area (Å²) in [6, 6.07) is 13.2. The summed E-state index contributed by atoms with van der Waals surface area (Å²) < 4.78 is 5.28. The van der Waals surface area contributed by atoms with Crippen LogP contribution in [0.1, 0.15) is 37.2 Å². The minimum Gasteiger partial charge on any atom is -0.497 e. The van der Waals surface area contributed by atoms with Gasteiger partial charge >= 0.3 is 0 Å². The maximum atomic E-state index is 5.28. The number of fused-ring (bicyclic) bond motifs is 1. The molecular weight excluding hydrogens is 244 g/mol. The van der Waals surface area contributed by atoms with Crippen LogP contribution in [0.2, 0.25) is 0 Å². The number of methoxy groups -OCH3 is 1. The highest BCUT2D eigenvalue weighted by Crippen LogP contribution is 2.37. The molecule has 104 valence electrons. The molecule has 1 fully saturated rings. The zero-order valence-corrected chi connectivity index (χ0v) is 12.1. The minimum absolute atomic E-state index is 0.720. The number of rotatable bonds is 3. The van der Waals surface area contributed by atoms with Crippen molar-refractivity contribution >= 4 is 10.8 Å². The maximum absolute atomic E-state index is 5.28. The molecule has 20 heavy (non-hydrogen) atoms. The molecule has 1 nitrogen and oxygen atoms in total. The third-order valence-electron chi connectivity index (χ3n) is 4.65. The lowest BCUT2D eigenvalue weighted by Crippen LogP contribution is -2.11. The largest absolute Gasteiger partial charge is 0.497 e. The van der Waals surface area contributed by atoms with E-state index in [9.17, 15) is 0 Å². The molecule has 0 N–H and O–H groups in total. The van der Waals surface area contributed by atoms with Crippen molar-refractivity contribution in [2.24, 2.45) is 5.92 Å². The molecule has 2 aromatic rings. The van der Waals surface area contributed by atoms with E-state index in [0.29, 0.717) is 0 Å². The van der Waals surface area contributed by atoms with E-state index in [2.05, 4.69) is 43.0 Å². The molecule has 0 aromatic heterocycles. The Morgan fingerprint density at radius 3 is 2.40 bits per heavy atom. The first-order valence-corrected chi connectivity index (χ1v) is 7.50. The van der Waals surface area contributed by atoms with Crippen molar-refractivity contribution in [3.8, 4) is 5.75 Å². The van der Waals surface area contributed by atoms with Gasteiger partial charge in [0.1, 0.15) is 5.75 Å². The fourth-order valence-corrected chi connectivity index (χ4v) is 3.31. The molecule has 0 radical (unpaired) electrons. The van der Waals surface area contributed by atoms with E-state index in [-0.39, 0.29) is 0 Å². The molecule has 2 aromatic carbocycles. The van der Waals surface area contributed by atoms with Crippen molar-refractivity contribution in [1.29, 1.82) is 0 Å². The van der Waals surface area contributed by atoms with Crippen LogP contribution >= 0.6 is 0 Å². The van der Waals surface area contributed by atoms with Gasteiger partial charge in [0.25, 0.3) is 0 Å². The number of benzene rings is 2. The molecular formula is C19H22O. The van der Waals surface area contributed by atoms with Gasteiger partial charge in [0, 0.05) is 0 Å². The summed E-state index contributed by atoms with van der Waals surface area (Å²) in [5, 5.41) is 2.57. The SMILES string of the molecule is C=CC1CCC(c2ccc3cc(OC)ccc3c2)CC1. The Labute approximate surface area is 121 Å². The van der Waals surface area contributed by atoms with Crippen LogP contribution in [-0.2, 0) is 0 Å². The Morgan fingerprint density at radius 2 is 1.70 bits per heavy atom. The lowest BCUT2D eigenvalue weighted by molar-refractivity contribution is 0.376. The third kappa shape index (κ3) is 2.58. The van der Waals surface area contributed by atoms with Gasteiger partial charge in [0.15, 0.2) is 0 Å². The van der Waals surface area contributed by atoms with E-state index in [4.69, 9.17) is 4.74 Å². The van der Waals surface area contributed by atoms with Crippen molar-refractivity contribution in [3.63, 3.8) is 0 Å². The van der Waals surface area contributed by atoms with E-state index < -0.39 is 0 Å². The number of hydrogen-bond donors (Lipinski definition) is 0. The Balaban J connectivity index is 1.84. The second-order valence-electron chi connectivity index (χ2n) is 5.82. The van der Waals surface area contributed by atoms with Crippen LogP contribution in [0.4, 0.5) is 0 Å². The molecule has 0 spiro atoms. The van der Waals surface area contributed by atoms with Crippen LogP contribution in [0.5, 0.6) is 5.75 Å². The molecule has 1 heteroatoms. The third-order valence-corrected chi connectivity index (χ3v) is 4.65. The molecule has 1 aliphatic rings. The van der Waals surface area contributed by atoms with E-state index >= 15 is 0 Å². The fourth-order valence-electron chi connectivity index (χ4n) is 3.31. The first-order valence-electron chi connectivity index (χ1n) is 7.50. The van der Waals surface area contributed by atoms with Gasteiger partial charge in [0.2, 0.25) is 0 Å². The monoisotopic (exact) mass is 266 g/mol. The average Bonchev–Trinajstić information content (AvgIpc) is 2.54. The Bertz CT molecular complexity index is 606. The Hall–Kier alpha value is -1.76. The zero-order chi connectivity index (χ0) is 13.9. The quantitative estimate of drug-likeness (QED) is 0.684. The van der Waals surface area contributed by atoms with Gasteiger partial charge in [-0.15, -0.1) is 6.58 Å². The van der Waals surface area contributed by atoms with Gasteiger partial charge < -0.3 is 4.74 Å². The van der Waals surface area contributed by atoms with Gasteiger partial charge in [-0.25, -0.2) is 0 Å². The molecule has 1 saturated carbocycles. The van der Waals surface area contributed by atoms with Gasteiger partial charge in [-0.1, -0.05) is 30.3 Å². The highest BCUT2D eigenvalue weighted by molar-refractivity contribution is 5.84. The summed E-state index contributed by atoms with van der Waals surface area (Å²) in [5.41, 5.74) is 1.49. The summed E-state index contributed by atoms with van der Waals surface area (Å²) in [4.78, 5) is 0. The van der Waals surface area contributed by atoms with E-state index in [1.807, 2.05) is 6.07 Å². The van der Waals surface area contributed by atoms with Gasteiger partial charge in [0.05, 0.1) is 7.11 Å². The van der Waals surface area contributed by atoms with Gasteiger partial charge in [-0.2, -0.15) is 0 Å². The van der Waals surface area contributed by atoms with E-state index in [0.717, 1.165) is 17.6 Å². The highest BCUT2D eigenvalue weighted by atomic mass is 16.5. The van der Waals surface area contributed by atoms with Crippen LogP contribution in [0.25, 0.3) is 10.8 Å². The standard InChI is InChI=1S/C19H22O/c1-3-14-4-6-15(7-5-14)16-8-9-18-13-19(20-2)11-10-17(18)12-16/h3,8-15H,1,4-7H2,2H3. The average molecular weight is 266 g/mol.